The van der Waals surface area contributed by atoms with Crippen molar-refractivity contribution in [3.05, 3.63) is 0 Å². The van der Waals surface area contributed by atoms with Gasteiger partial charge in [-0.25, -0.2) is 0 Å². The lowest BCUT2D eigenvalue weighted by Gasteiger charge is -2.33. The molecule has 4 heteroatoms. The number of carbonyl (C=O) groups excluding carboxylic acids is 1. The molecule has 2 rings (SSSR count). The van der Waals surface area contributed by atoms with Gasteiger partial charge in [0.1, 0.15) is 0 Å². The Morgan fingerprint density at radius 2 is 2.06 bits per heavy atom. The normalized spacial score (nSPS) is 25.1. The van der Waals surface area contributed by atoms with Gasteiger partial charge in [0.2, 0.25) is 5.91 Å². The number of halogens is 1. The minimum absolute atomic E-state index is 0. The molecule has 0 aromatic heterocycles. The van der Waals surface area contributed by atoms with E-state index in [2.05, 4.69) is 12.2 Å². The summed E-state index contributed by atoms with van der Waals surface area (Å²) in [4.78, 5) is 13.9. The summed E-state index contributed by atoms with van der Waals surface area (Å²) in [6, 6.07) is 0.453. The van der Waals surface area contributed by atoms with Crippen LogP contribution in [0.2, 0.25) is 0 Å². The Morgan fingerprint density at radius 1 is 1.31 bits per heavy atom. The molecule has 1 heterocycles. The Labute approximate surface area is 104 Å². The van der Waals surface area contributed by atoms with Gasteiger partial charge in [-0.1, -0.05) is 0 Å². The molecule has 16 heavy (non-hydrogen) atoms. The summed E-state index contributed by atoms with van der Waals surface area (Å²) < 4.78 is 0. The fourth-order valence-electron chi connectivity index (χ4n) is 2.28. The Kier molecular flexibility index (Phi) is 5.56. The Balaban J connectivity index is 0.00000128. The van der Waals surface area contributed by atoms with Crippen LogP contribution in [0.4, 0.5) is 0 Å². The highest BCUT2D eigenvalue weighted by atomic mass is 35.5. The van der Waals surface area contributed by atoms with Crippen LogP contribution in [0.1, 0.15) is 39.0 Å². The zero-order chi connectivity index (χ0) is 10.7. The van der Waals surface area contributed by atoms with Crippen molar-refractivity contribution in [3.63, 3.8) is 0 Å². The van der Waals surface area contributed by atoms with Crippen molar-refractivity contribution in [1.82, 2.24) is 10.2 Å². The van der Waals surface area contributed by atoms with Crippen molar-refractivity contribution in [2.45, 2.75) is 45.1 Å². The molecule has 1 atom stereocenters. The van der Waals surface area contributed by atoms with E-state index >= 15 is 0 Å². The van der Waals surface area contributed by atoms with Gasteiger partial charge in [-0.15, -0.1) is 12.4 Å². The summed E-state index contributed by atoms with van der Waals surface area (Å²) in [5.41, 5.74) is 0. The highest BCUT2D eigenvalue weighted by molar-refractivity contribution is 5.85. The van der Waals surface area contributed by atoms with Crippen LogP contribution in [0.3, 0.4) is 0 Å². The SMILES string of the molecule is CC1CCCCN1C(=O)CNCC1CC1.Cl. The lowest BCUT2D eigenvalue weighted by atomic mass is 10.0. The second kappa shape index (κ2) is 6.45. The first-order valence-electron chi connectivity index (χ1n) is 6.27. The number of nitrogens with one attached hydrogen (secondary N) is 1. The van der Waals surface area contributed by atoms with Gasteiger partial charge in [-0.3, -0.25) is 4.79 Å². The first-order valence-corrected chi connectivity index (χ1v) is 6.27. The standard InChI is InChI=1S/C12H22N2O.ClH/c1-10-4-2-3-7-14(10)12(15)9-13-8-11-5-6-11;/h10-11,13H,2-9H2,1H3;1H. The summed E-state index contributed by atoms with van der Waals surface area (Å²) in [5.74, 6) is 1.15. The fraction of sp³-hybridized carbons (Fsp3) is 0.917. The molecule has 0 aromatic carbocycles. The van der Waals surface area contributed by atoms with E-state index in [-0.39, 0.29) is 12.4 Å². The quantitative estimate of drug-likeness (QED) is 0.821. The van der Waals surface area contributed by atoms with Crippen LogP contribution in [-0.2, 0) is 4.79 Å². The van der Waals surface area contributed by atoms with E-state index in [9.17, 15) is 4.79 Å². The maximum atomic E-state index is 11.9. The van der Waals surface area contributed by atoms with Gasteiger partial charge in [0.15, 0.2) is 0 Å². The number of likely N-dealkylation sites (tertiary alicyclic amines) is 1. The van der Waals surface area contributed by atoms with Crippen molar-refractivity contribution >= 4 is 18.3 Å². The third-order valence-corrected chi connectivity index (χ3v) is 3.53. The van der Waals surface area contributed by atoms with Crippen molar-refractivity contribution in [1.29, 1.82) is 0 Å². The van der Waals surface area contributed by atoms with Crippen LogP contribution >= 0.6 is 12.4 Å². The van der Waals surface area contributed by atoms with Gasteiger partial charge in [0.25, 0.3) is 0 Å². The number of hydrogen-bond donors (Lipinski definition) is 1. The molecule has 1 amide bonds. The summed E-state index contributed by atoms with van der Waals surface area (Å²) in [5, 5.41) is 3.27. The van der Waals surface area contributed by atoms with Crippen LogP contribution in [0, 0.1) is 5.92 Å². The van der Waals surface area contributed by atoms with Crippen molar-refractivity contribution < 1.29 is 4.79 Å². The maximum absolute atomic E-state index is 11.9. The predicted molar refractivity (Wildman–Crippen MR) is 67.9 cm³/mol. The minimum atomic E-state index is 0. The molecule has 0 radical (unpaired) electrons. The minimum Gasteiger partial charge on any atom is -0.339 e. The molecule has 0 bridgehead atoms. The maximum Gasteiger partial charge on any atom is 0.236 e. The highest BCUT2D eigenvalue weighted by Gasteiger charge is 2.24. The van der Waals surface area contributed by atoms with Crippen LogP contribution in [0.5, 0.6) is 0 Å². The van der Waals surface area contributed by atoms with Crippen LogP contribution in [-0.4, -0.2) is 36.5 Å². The second-order valence-electron chi connectivity index (χ2n) is 5.01. The third kappa shape index (κ3) is 3.95. The van der Waals surface area contributed by atoms with Gasteiger partial charge in [-0.2, -0.15) is 0 Å². The number of amides is 1. The fourth-order valence-corrected chi connectivity index (χ4v) is 2.28. The van der Waals surface area contributed by atoms with Crippen LogP contribution in [0.15, 0.2) is 0 Å². The number of nitrogens with zero attached hydrogens (tertiary/aromatic N) is 1. The molecule has 3 nitrogen and oxygen atoms in total. The lowest BCUT2D eigenvalue weighted by Crippen LogP contribution is -2.46. The molecule has 0 spiro atoms. The van der Waals surface area contributed by atoms with E-state index in [0.29, 0.717) is 18.5 Å². The van der Waals surface area contributed by atoms with Crippen LogP contribution < -0.4 is 5.32 Å². The monoisotopic (exact) mass is 246 g/mol. The van der Waals surface area contributed by atoms with Crippen molar-refractivity contribution in [2.75, 3.05) is 19.6 Å². The Morgan fingerprint density at radius 3 is 2.69 bits per heavy atom. The lowest BCUT2D eigenvalue weighted by molar-refractivity contribution is -0.133. The number of hydrogen-bond acceptors (Lipinski definition) is 2. The van der Waals surface area contributed by atoms with Gasteiger partial charge < -0.3 is 10.2 Å². The second-order valence-corrected chi connectivity index (χ2v) is 5.01. The molecular weight excluding hydrogens is 224 g/mol. The number of carbonyl (C=O) groups is 1. The molecule has 1 saturated carbocycles. The van der Waals surface area contributed by atoms with Gasteiger partial charge >= 0.3 is 0 Å². The number of piperidine rings is 1. The van der Waals surface area contributed by atoms with Crippen molar-refractivity contribution in [3.8, 4) is 0 Å². The first kappa shape index (κ1) is 13.8. The summed E-state index contributed by atoms with van der Waals surface area (Å²) in [7, 11) is 0. The van der Waals surface area contributed by atoms with Gasteiger partial charge in [0.05, 0.1) is 6.54 Å². The average Bonchev–Trinajstić information content (AvgIpc) is 3.02. The van der Waals surface area contributed by atoms with E-state index in [1.165, 1.54) is 32.1 Å². The van der Waals surface area contributed by atoms with Crippen LogP contribution in [0.25, 0.3) is 0 Å². The van der Waals surface area contributed by atoms with Gasteiger partial charge in [0, 0.05) is 12.6 Å². The van der Waals surface area contributed by atoms with E-state index in [0.717, 1.165) is 19.0 Å². The largest absolute Gasteiger partial charge is 0.339 e. The Bertz CT molecular complexity index is 231. The molecule has 94 valence electrons. The highest BCUT2D eigenvalue weighted by Crippen LogP contribution is 2.27. The number of rotatable bonds is 4. The first-order chi connectivity index (χ1) is 7.27. The van der Waals surface area contributed by atoms with E-state index in [1.807, 2.05) is 4.90 Å². The van der Waals surface area contributed by atoms with E-state index < -0.39 is 0 Å². The zero-order valence-electron chi connectivity index (χ0n) is 10.1. The topological polar surface area (TPSA) is 32.3 Å². The molecule has 1 saturated heterocycles. The summed E-state index contributed by atoms with van der Waals surface area (Å²) in [6.45, 7) is 4.71. The van der Waals surface area contributed by atoms with Gasteiger partial charge in [-0.05, 0) is 51.5 Å². The average molecular weight is 247 g/mol. The van der Waals surface area contributed by atoms with Crippen molar-refractivity contribution in [2.24, 2.45) is 5.92 Å². The van der Waals surface area contributed by atoms with E-state index in [1.54, 1.807) is 0 Å². The summed E-state index contributed by atoms with van der Waals surface area (Å²) in [6.07, 6.45) is 6.33. The van der Waals surface area contributed by atoms with E-state index in [4.69, 9.17) is 0 Å². The Hall–Kier alpha value is -0.280. The molecule has 2 aliphatic rings. The summed E-state index contributed by atoms with van der Waals surface area (Å²) >= 11 is 0. The zero-order valence-corrected chi connectivity index (χ0v) is 10.9. The molecule has 0 aromatic rings. The molecule has 2 fully saturated rings. The predicted octanol–water partition coefficient (Wildman–Crippen LogP) is 1.81. The molecule has 1 aliphatic carbocycles. The molecule has 1 unspecified atom stereocenters. The molecular formula is C12H23ClN2O. The third-order valence-electron chi connectivity index (χ3n) is 3.53. The smallest absolute Gasteiger partial charge is 0.236 e. The molecule has 1 N–H and O–H groups in total. The molecule has 1 aliphatic heterocycles.